The number of amides is 1. The molecule has 2 N–H and O–H groups in total. The lowest BCUT2D eigenvalue weighted by Crippen LogP contribution is -2.15. The van der Waals surface area contributed by atoms with Crippen molar-refractivity contribution in [1.29, 1.82) is 0 Å². The number of aromatic carboxylic acids is 1. The summed E-state index contributed by atoms with van der Waals surface area (Å²) in [6, 6.07) is 14.2. The van der Waals surface area contributed by atoms with Gasteiger partial charge in [-0.15, -0.1) is 0 Å². The van der Waals surface area contributed by atoms with Crippen LogP contribution in [0.3, 0.4) is 0 Å². The number of rotatable bonds is 7. The summed E-state index contributed by atoms with van der Waals surface area (Å²) in [5, 5.41) is 17.5. The molecule has 0 aliphatic carbocycles. The second-order valence-corrected chi connectivity index (χ2v) is 7.53. The summed E-state index contributed by atoms with van der Waals surface area (Å²) in [6.07, 6.45) is 3.10. The first kappa shape index (κ1) is 21.3. The van der Waals surface area contributed by atoms with Crippen molar-refractivity contribution in [3.63, 3.8) is 0 Å². The lowest BCUT2D eigenvalue weighted by molar-refractivity contribution is -0.115. The number of anilines is 1. The maximum Gasteiger partial charge on any atom is 0.354 e. The Morgan fingerprint density at radius 1 is 1.12 bits per heavy atom. The Morgan fingerprint density at radius 3 is 2.62 bits per heavy atom. The van der Waals surface area contributed by atoms with E-state index in [1.54, 1.807) is 19.4 Å². The van der Waals surface area contributed by atoms with Gasteiger partial charge in [-0.05, 0) is 47.5 Å². The number of hydrogen-bond acceptors (Lipinski definition) is 5. The van der Waals surface area contributed by atoms with E-state index in [4.69, 9.17) is 21.4 Å². The molecule has 4 rings (SSSR count). The van der Waals surface area contributed by atoms with E-state index in [0.29, 0.717) is 22.8 Å². The standard InChI is InChI=1S/C23H19ClN4O4/c1-32-17-4-2-14(3-5-17)13-28-21-9-15(8-19(24)18(21)12-26-28)10-22(29)27-16-6-7-25-20(11-16)23(30)31/h2-9,11-12H,10,13H2,1H3,(H,30,31)(H,25,27,29). The minimum Gasteiger partial charge on any atom is -0.497 e. The highest BCUT2D eigenvalue weighted by Crippen LogP contribution is 2.26. The molecule has 0 aliphatic heterocycles. The van der Waals surface area contributed by atoms with Gasteiger partial charge in [0, 0.05) is 17.3 Å². The molecular formula is C23H19ClN4O4. The molecule has 0 atom stereocenters. The number of carboxylic acid groups (broad SMARTS) is 1. The van der Waals surface area contributed by atoms with Crippen LogP contribution in [0.4, 0.5) is 5.69 Å². The smallest absolute Gasteiger partial charge is 0.354 e. The van der Waals surface area contributed by atoms with Crippen molar-refractivity contribution < 1.29 is 19.4 Å². The van der Waals surface area contributed by atoms with Crippen LogP contribution in [-0.4, -0.2) is 38.9 Å². The number of hydrogen-bond donors (Lipinski definition) is 2. The number of nitrogens with one attached hydrogen (secondary N) is 1. The molecule has 1 amide bonds. The van der Waals surface area contributed by atoms with Crippen LogP contribution in [0.15, 0.2) is 60.9 Å². The number of aromatic nitrogens is 3. The number of ether oxygens (including phenoxy) is 1. The molecule has 0 aliphatic rings. The van der Waals surface area contributed by atoms with Gasteiger partial charge >= 0.3 is 5.97 Å². The number of methoxy groups -OCH3 is 1. The molecule has 9 heteroatoms. The van der Waals surface area contributed by atoms with Crippen molar-refractivity contribution >= 4 is 40.1 Å². The van der Waals surface area contributed by atoms with Crippen LogP contribution in [0.25, 0.3) is 10.9 Å². The summed E-state index contributed by atoms with van der Waals surface area (Å²) in [6.45, 7) is 0.536. The Balaban J connectivity index is 1.54. The van der Waals surface area contributed by atoms with Gasteiger partial charge in [0.15, 0.2) is 0 Å². The minimum atomic E-state index is -1.16. The molecule has 0 radical (unpaired) electrons. The first-order chi connectivity index (χ1) is 15.4. The number of nitrogens with zero attached hydrogens (tertiary/aromatic N) is 3. The van der Waals surface area contributed by atoms with Gasteiger partial charge in [-0.1, -0.05) is 23.7 Å². The molecule has 2 aromatic heterocycles. The molecule has 0 unspecified atom stereocenters. The fourth-order valence-electron chi connectivity index (χ4n) is 3.34. The maximum absolute atomic E-state index is 12.5. The molecule has 0 bridgehead atoms. The normalized spacial score (nSPS) is 10.8. The highest BCUT2D eigenvalue weighted by Gasteiger charge is 2.13. The van der Waals surface area contributed by atoms with E-state index in [1.807, 2.05) is 35.0 Å². The van der Waals surface area contributed by atoms with Gasteiger partial charge in [-0.2, -0.15) is 5.10 Å². The number of fused-ring (bicyclic) bond motifs is 1. The lowest BCUT2D eigenvalue weighted by atomic mass is 10.1. The Labute approximate surface area is 188 Å². The van der Waals surface area contributed by atoms with Gasteiger partial charge in [0.2, 0.25) is 5.91 Å². The van der Waals surface area contributed by atoms with Crippen LogP contribution < -0.4 is 10.1 Å². The Hall–Kier alpha value is -3.91. The number of halogens is 1. The number of carbonyl (C=O) groups is 2. The molecular weight excluding hydrogens is 432 g/mol. The third-order valence-corrected chi connectivity index (χ3v) is 5.20. The topological polar surface area (TPSA) is 106 Å². The molecule has 0 saturated carbocycles. The van der Waals surface area contributed by atoms with Gasteiger partial charge in [0.05, 0.1) is 36.8 Å². The van der Waals surface area contributed by atoms with Crippen molar-refractivity contribution in [2.45, 2.75) is 13.0 Å². The summed E-state index contributed by atoms with van der Waals surface area (Å²) >= 11 is 6.44. The zero-order valence-corrected chi connectivity index (χ0v) is 17.8. The summed E-state index contributed by atoms with van der Waals surface area (Å²) in [5.41, 5.74) is 2.79. The number of benzene rings is 2. The third-order valence-electron chi connectivity index (χ3n) is 4.89. The fraction of sp³-hybridized carbons (Fsp3) is 0.130. The highest BCUT2D eigenvalue weighted by molar-refractivity contribution is 6.35. The predicted molar refractivity (Wildman–Crippen MR) is 120 cm³/mol. The Morgan fingerprint density at radius 2 is 1.91 bits per heavy atom. The first-order valence-electron chi connectivity index (χ1n) is 9.69. The maximum atomic E-state index is 12.5. The average molecular weight is 451 g/mol. The third kappa shape index (κ3) is 4.70. The van der Waals surface area contributed by atoms with Gasteiger partial charge < -0.3 is 15.2 Å². The zero-order chi connectivity index (χ0) is 22.7. The van der Waals surface area contributed by atoms with E-state index in [1.165, 1.54) is 18.3 Å². The summed E-state index contributed by atoms with van der Waals surface area (Å²) in [7, 11) is 1.62. The van der Waals surface area contributed by atoms with E-state index in [9.17, 15) is 9.59 Å². The van der Waals surface area contributed by atoms with Crippen molar-refractivity contribution in [2.75, 3.05) is 12.4 Å². The Bertz CT molecular complexity index is 1300. The van der Waals surface area contributed by atoms with Gasteiger partial charge in [0.1, 0.15) is 11.4 Å². The molecule has 0 fully saturated rings. The largest absolute Gasteiger partial charge is 0.497 e. The molecule has 0 saturated heterocycles. The average Bonchev–Trinajstić information content (AvgIpc) is 3.17. The molecule has 32 heavy (non-hydrogen) atoms. The van der Waals surface area contributed by atoms with Crippen LogP contribution >= 0.6 is 11.6 Å². The van der Waals surface area contributed by atoms with Crippen molar-refractivity contribution in [1.82, 2.24) is 14.8 Å². The Kier molecular flexibility index (Phi) is 6.04. The number of carboxylic acids is 1. The first-order valence-corrected chi connectivity index (χ1v) is 10.1. The monoisotopic (exact) mass is 450 g/mol. The van der Waals surface area contributed by atoms with E-state index >= 15 is 0 Å². The minimum absolute atomic E-state index is 0.0636. The van der Waals surface area contributed by atoms with E-state index in [-0.39, 0.29) is 18.0 Å². The van der Waals surface area contributed by atoms with Crippen LogP contribution in [0.1, 0.15) is 21.6 Å². The van der Waals surface area contributed by atoms with Gasteiger partial charge in [-0.3, -0.25) is 9.48 Å². The number of carbonyl (C=O) groups excluding carboxylic acids is 1. The van der Waals surface area contributed by atoms with Crippen LogP contribution in [0, 0.1) is 0 Å². The van der Waals surface area contributed by atoms with Gasteiger partial charge in [-0.25, -0.2) is 9.78 Å². The fourth-order valence-corrected chi connectivity index (χ4v) is 3.62. The zero-order valence-electron chi connectivity index (χ0n) is 17.1. The van der Waals surface area contributed by atoms with Crippen LogP contribution in [-0.2, 0) is 17.8 Å². The quantitative estimate of drug-likeness (QED) is 0.440. The second kappa shape index (κ2) is 9.07. The second-order valence-electron chi connectivity index (χ2n) is 7.12. The van der Waals surface area contributed by atoms with Gasteiger partial charge in [0.25, 0.3) is 0 Å². The van der Waals surface area contributed by atoms with Crippen LogP contribution in [0.2, 0.25) is 5.02 Å². The SMILES string of the molecule is COc1ccc(Cn2ncc3c(Cl)cc(CC(=O)Nc4ccnc(C(=O)O)c4)cc32)cc1. The van der Waals surface area contributed by atoms with E-state index in [0.717, 1.165) is 22.2 Å². The molecule has 2 heterocycles. The molecule has 0 spiro atoms. The van der Waals surface area contributed by atoms with E-state index in [2.05, 4.69) is 15.4 Å². The van der Waals surface area contributed by atoms with Crippen molar-refractivity contribution in [3.05, 3.63) is 82.8 Å². The molecule has 162 valence electrons. The lowest BCUT2D eigenvalue weighted by Gasteiger charge is -2.09. The summed E-state index contributed by atoms with van der Waals surface area (Å²) in [4.78, 5) is 27.3. The molecule has 4 aromatic rings. The van der Waals surface area contributed by atoms with E-state index < -0.39 is 5.97 Å². The number of pyridine rings is 1. The predicted octanol–water partition coefficient (Wildman–Crippen LogP) is 4.02. The summed E-state index contributed by atoms with van der Waals surface area (Å²) in [5.74, 6) is -0.687. The summed E-state index contributed by atoms with van der Waals surface area (Å²) < 4.78 is 7.02. The highest BCUT2D eigenvalue weighted by atomic mass is 35.5. The molecule has 8 nitrogen and oxygen atoms in total. The van der Waals surface area contributed by atoms with Crippen molar-refractivity contribution in [3.8, 4) is 5.75 Å². The molecule has 2 aromatic carbocycles. The van der Waals surface area contributed by atoms with Crippen LogP contribution in [0.5, 0.6) is 5.75 Å². The van der Waals surface area contributed by atoms with Crippen molar-refractivity contribution in [2.24, 2.45) is 0 Å².